The molecule has 2 aromatic carbocycles. The summed E-state index contributed by atoms with van der Waals surface area (Å²) in [4.78, 5) is 0. The predicted molar refractivity (Wildman–Crippen MR) is 88.6 cm³/mol. The van der Waals surface area contributed by atoms with Gasteiger partial charge in [-0.25, -0.2) is 0 Å². The number of hydrogen-bond acceptors (Lipinski definition) is 4. The van der Waals surface area contributed by atoms with E-state index < -0.39 is 0 Å². The van der Waals surface area contributed by atoms with Crippen LogP contribution in [-0.4, -0.2) is 25.8 Å². The average Bonchev–Trinajstić information content (AvgIpc) is 3.09. The lowest BCUT2D eigenvalue weighted by Crippen LogP contribution is -2.43. The Balaban J connectivity index is 1.63. The van der Waals surface area contributed by atoms with E-state index in [4.69, 9.17) is 13.9 Å². The molecule has 1 fully saturated rings. The normalized spacial score (nSPS) is 19.6. The lowest BCUT2D eigenvalue weighted by molar-refractivity contribution is -0.0432. The molecule has 2 heterocycles. The van der Waals surface area contributed by atoms with Crippen LogP contribution >= 0.6 is 0 Å². The van der Waals surface area contributed by atoms with Gasteiger partial charge < -0.3 is 19.2 Å². The van der Waals surface area contributed by atoms with Crippen molar-refractivity contribution in [2.24, 2.45) is 0 Å². The fraction of sp³-hybridized carbons (Fsp3) is 0.263. The van der Waals surface area contributed by atoms with Crippen LogP contribution in [-0.2, 0) is 4.74 Å². The van der Waals surface area contributed by atoms with Crippen LogP contribution in [0.15, 0.2) is 65.3 Å². The third-order valence-electron chi connectivity index (χ3n) is 4.11. The van der Waals surface area contributed by atoms with Gasteiger partial charge in [0.2, 0.25) is 0 Å². The molecule has 1 aliphatic rings. The van der Waals surface area contributed by atoms with E-state index in [0.717, 1.165) is 35.4 Å². The van der Waals surface area contributed by atoms with E-state index in [0.29, 0.717) is 6.61 Å². The van der Waals surface area contributed by atoms with Gasteiger partial charge in [0.1, 0.15) is 17.4 Å². The number of nitrogens with one attached hydrogen (secondary N) is 1. The van der Waals surface area contributed by atoms with Crippen molar-refractivity contribution in [1.29, 1.82) is 0 Å². The van der Waals surface area contributed by atoms with Crippen molar-refractivity contribution in [3.63, 3.8) is 0 Å². The molecule has 2 unspecified atom stereocenters. The summed E-state index contributed by atoms with van der Waals surface area (Å²) in [6.07, 6.45) is 1.52. The summed E-state index contributed by atoms with van der Waals surface area (Å²) in [6.45, 7) is 2.37. The lowest BCUT2D eigenvalue weighted by atomic mass is 10.0. The molecule has 118 valence electrons. The highest BCUT2D eigenvalue weighted by Crippen LogP contribution is 2.29. The highest BCUT2D eigenvalue weighted by Gasteiger charge is 2.27. The van der Waals surface area contributed by atoms with Gasteiger partial charge in [-0.05, 0) is 23.8 Å². The molecular weight excluding hydrogens is 290 g/mol. The molecular formula is C19H19NO3. The number of morpholine rings is 1. The first-order valence-electron chi connectivity index (χ1n) is 7.91. The quantitative estimate of drug-likeness (QED) is 0.800. The molecule has 4 rings (SSSR count). The maximum absolute atomic E-state index is 6.29. The van der Waals surface area contributed by atoms with Gasteiger partial charge in [-0.3, -0.25) is 0 Å². The standard InChI is InChI=1S/C19H19NO3/c1-2-4-15(5-3-1)19(18-13-20-9-11-22-18)23-16-7-6-14-8-10-21-17(14)12-16/h1-8,10,12,18-20H,9,11,13H2. The van der Waals surface area contributed by atoms with E-state index in [9.17, 15) is 0 Å². The molecule has 1 saturated heterocycles. The van der Waals surface area contributed by atoms with Gasteiger partial charge in [0.05, 0.1) is 12.9 Å². The second-order valence-electron chi connectivity index (χ2n) is 5.68. The van der Waals surface area contributed by atoms with Crippen LogP contribution in [0.1, 0.15) is 11.7 Å². The van der Waals surface area contributed by atoms with E-state index in [1.165, 1.54) is 0 Å². The third-order valence-corrected chi connectivity index (χ3v) is 4.11. The third kappa shape index (κ3) is 3.09. The lowest BCUT2D eigenvalue weighted by Gasteiger charge is -2.31. The Bertz CT molecular complexity index is 762. The van der Waals surface area contributed by atoms with Gasteiger partial charge in [0.25, 0.3) is 0 Å². The van der Waals surface area contributed by atoms with Crippen LogP contribution in [0.2, 0.25) is 0 Å². The molecule has 1 N–H and O–H groups in total. The molecule has 0 amide bonds. The maximum Gasteiger partial charge on any atom is 0.151 e. The van der Waals surface area contributed by atoms with Crippen LogP contribution in [0.4, 0.5) is 0 Å². The van der Waals surface area contributed by atoms with Crippen LogP contribution in [0.3, 0.4) is 0 Å². The molecule has 0 radical (unpaired) electrons. The number of fused-ring (bicyclic) bond motifs is 1. The zero-order valence-electron chi connectivity index (χ0n) is 12.8. The molecule has 1 aliphatic heterocycles. The largest absolute Gasteiger partial charge is 0.483 e. The molecule has 23 heavy (non-hydrogen) atoms. The van der Waals surface area contributed by atoms with Crippen LogP contribution < -0.4 is 10.1 Å². The minimum atomic E-state index is -0.156. The van der Waals surface area contributed by atoms with Gasteiger partial charge in [0, 0.05) is 24.5 Å². The monoisotopic (exact) mass is 309 g/mol. The second kappa shape index (κ2) is 6.44. The Morgan fingerprint density at radius 1 is 1.09 bits per heavy atom. The topological polar surface area (TPSA) is 43.6 Å². The number of hydrogen-bond donors (Lipinski definition) is 1. The van der Waals surface area contributed by atoms with Crippen LogP contribution in [0.25, 0.3) is 11.0 Å². The zero-order valence-corrected chi connectivity index (χ0v) is 12.8. The summed E-state index contributed by atoms with van der Waals surface area (Å²) < 4.78 is 17.7. The molecule has 0 saturated carbocycles. The fourth-order valence-corrected chi connectivity index (χ4v) is 2.94. The number of benzene rings is 2. The summed E-state index contributed by atoms with van der Waals surface area (Å²) in [5, 5.41) is 4.45. The summed E-state index contributed by atoms with van der Waals surface area (Å²) in [7, 11) is 0. The van der Waals surface area contributed by atoms with Crippen molar-refractivity contribution in [2.45, 2.75) is 12.2 Å². The average molecular weight is 309 g/mol. The van der Waals surface area contributed by atoms with E-state index in [-0.39, 0.29) is 12.2 Å². The van der Waals surface area contributed by atoms with Crippen molar-refractivity contribution < 1.29 is 13.9 Å². The molecule has 2 atom stereocenters. The van der Waals surface area contributed by atoms with Gasteiger partial charge in [-0.15, -0.1) is 0 Å². The SMILES string of the molecule is c1ccc(C(Oc2ccc3ccoc3c2)C2CNCCO2)cc1. The first-order chi connectivity index (χ1) is 11.4. The highest BCUT2D eigenvalue weighted by atomic mass is 16.5. The van der Waals surface area contributed by atoms with Gasteiger partial charge in [-0.2, -0.15) is 0 Å². The van der Waals surface area contributed by atoms with Crippen molar-refractivity contribution in [3.05, 3.63) is 66.4 Å². The highest BCUT2D eigenvalue weighted by molar-refractivity contribution is 5.78. The Morgan fingerprint density at radius 3 is 2.83 bits per heavy atom. The van der Waals surface area contributed by atoms with Crippen molar-refractivity contribution >= 4 is 11.0 Å². The van der Waals surface area contributed by atoms with Gasteiger partial charge >= 0.3 is 0 Å². The Hall–Kier alpha value is -2.30. The number of furan rings is 1. The second-order valence-corrected chi connectivity index (χ2v) is 5.68. The minimum Gasteiger partial charge on any atom is -0.483 e. The van der Waals surface area contributed by atoms with Crippen molar-refractivity contribution in [3.8, 4) is 5.75 Å². The van der Waals surface area contributed by atoms with E-state index >= 15 is 0 Å². The first kappa shape index (κ1) is 14.3. The Kier molecular flexibility index (Phi) is 4.01. The molecule has 0 aliphatic carbocycles. The fourth-order valence-electron chi connectivity index (χ4n) is 2.94. The molecule has 4 nitrogen and oxygen atoms in total. The predicted octanol–water partition coefficient (Wildman–Crippen LogP) is 3.54. The maximum atomic E-state index is 6.29. The van der Waals surface area contributed by atoms with E-state index in [2.05, 4.69) is 17.4 Å². The van der Waals surface area contributed by atoms with Crippen LogP contribution in [0.5, 0.6) is 5.75 Å². The number of ether oxygens (including phenoxy) is 2. The summed E-state index contributed by atoms with van der Waals surface area (Å²) >= 11 is 0. The van der Waals surface area contributed by atoms with Gasteiger partial charge in [-0.1, -0.05) is 30.3 Å². The summed E-state index contributed by atoms with van der Waals surface area (Å²) in [6, 6.07) is 18.1. The Morgan fingerprint density at radius 2 is 2.00 bits per heavy atom. The van der Waals surface area contributed by atoms with Crippen LogP contribution in [0, 0.1) is 0 Å². The first-order valence-corrected chi connectivity index (χ1v) is 7.91. The summed E-state index contributed by atoms with van der Waals surface area (Å²) in [5.41, 5.74) is 1.94. The molecule has 4 heteroatoms. The molecule has 0 spiro atoms. The van der Waals surface area contributed by atoms with Crippen molar-refractivity contribution in [1.82, 2.24) is 5.32 Å². The molecule has 0 bridgehead atoms. The minimum absolute atomic E-state index is 0.0153. The molecule has 3 aromatic rings. The number of rotatable bonds is 4. The summed E-state index contributed by atoms with van der Waals surface area (Å²) in [5.74, 6) is 0.787. The zero-order chi connectivity index (χ0) is 15.5. The van der Waals surface area contributed by atoms with E-state index in [1.54, 1.807) is 6.26 Å². The molecule has 1 aromatic heterocycles. The Labute approximate surface area is 135 Å². The van der Waals surface area contributed by atoms with Crippen molar-refractivity contribution in [2.75, 3.05) is 19.7 Å². The smallest absolute Gasteiger partial charge is 0.151 e. The van der Waals surface area contributed by atoms with Gasteiger partial charge in [0.15, 0.2) is 6.10 Å². The van der Waals surface area contributed by atoms with E-state index in [1.807, 2.05) is 42.5 Å².